The summed E-state index contributed by atoms with van der Waals surface area (Å²) in [4.78, 5) is 21.5. The van der Waals surface area contributed by atoms with Gasteiger partial charge in [-0.15, -0.1) is 0 Å². The number of carbonyl (C=O) groups is 2. The van der Waals surface area contributed by atoms with Crippen molar-refractivity contribution in [3.63, 3.8) is 0 Å². The van der Waals surface area contributed by atoms with E-state index in [2.05, 4.69) is 36.6 Å². The zero-order valence-electron chi connectivity index (χ0n) is 9.89. The number of rotatable bonds is 6. The number of sulfonamides is 1. The number of carbonyl (C=O) groups excluding carboxylic acids is 1. The molecule has 1 amide bonds. The van der Waals surface area contributed by atoms with Crippen molar-refractivity contribution in [3.8, 4) is 0 Å². The van der Waals surface area contributed by atoms with Gasteiger partial charge < -0.3 is 10.4 Å². The van der Waals surface area contributed by atoms with Crippen LogP contribution in [0.25, 0.3) is 0 Å². The number of nitrogens with one attached hydrogen (secondary N) is 2. The average molecular weight is 430 g/mol. The first-order valence-electron chi connectivity index (χ1n) is 5.15. The minimum atomic E-state index is -3.87. The van der Waals surface area contributed by atoms with Gasteiger partial charge in [0.1, 0.15) is 6.54 Å². The molecule has 0 atom stereocenters. The quantitative estimate of drug-likeness (QED) is 0.615. The Bertz CT molecular complexity index is 633. The third kappa shape index (κ3) is 5.19. The summed E-state index contributed by atoms with van der Waals surface area (Å²) >= 11 is 6.31. The number of hydrogen-bond donors (Lipinski definition) is 3. The summed E-state index contributed by atoms with van der Waals surface area (Å²) in [6.07, 6.45) is 0. The Morgan fingerprint density at radius 1 is 1.20 bits per heavy atom. The van der Waals surface area contributed by atoms with Crippen LogP contribution in [0.4, 0.5) is 0 Å². The second-order valence-corrected chi connectivity index (χ2v) is 7.08. The highest BCUT2D eigenvalue weighted by atomic mass is 79.9. The summed E-state index contributed by atoms with van der Waals surface area (Å²) in [5.74, 6) is -1.94. The first kappa shape index (κ1) is 17.1. The molecule has 10 heteroatoms. The van der Waals surface area contributed by atoms with Crippen molar-refractivity contribution in [2.24, 2.45) is 0 Å². The van der Waals surface area contributed by atoms with Gasteiger partial charge >= 0.3 is 5.97 Å². The summed E-state index contributed by atoms with van der Waals surface area (Å²) < 4.78 is 27.0. The first-order chi connectivity index (χ1) is 9.22. The van der Waals surface area contributed by atoms with Crippen LogP contribution in [0.2, 0.25) is 0 Å². The molecule has 0 aromatic heterocycles. The molecule has 1 aromatic rings. The van der Waals surface area contributed by atoms with Gasteiger partial charge in [-0.3, -0.25) is 9.59 Å². The van der Waals surface area contributed by atoms with Crippen molar-refractivity contribution in [1.82, 2.24) is 10.0 Å². The molecule has 110 valence electrons. The van der Waals surface area contributed by atoms with E-state index in [4.69, 9.17) is 5.11 Å². The predicted octanol–water partition coefficient (Wildman–Crippen LogP) is 0.691. The van der Waals surface area contributed by atoms with Crippen LogP contribution in [-0.4, -0.2) is 38.5 Å². The van der Waals surface area contributed by atoms with Crippen molar-refractivity contribution < 1.29 is 23.1 Å². The third-order valence-corrected chi connectivity index (χ3v) is 4.91. The van der Waals surface area contributed by atoms with Gasteiger partial charge in [0, 0.05) is 8.95 Å². The zero-order valence-corrected chi connectivity index (χ0v) is 13.9. The van der Waals surface area contributed by atoms with Crippen molar-refractivity contribution in [3.05, 3.63) is 27.1 Å². The highest BCUT2D eigenvalue weighted by Gasteiger charge is 2.18. The summed E-state index contributed by atoms with van der Waals surface area (Å²) in [5.41, 5.74) is 0. The summed E-state index contributed by atoms with van der Waals surface area (Å²) in [7, 11) is -3.87. The molecule has 0 heterocycles. The fraction of sp³-hybridized carbons (Fsp3) is 0.200. The van der Waals surface area contributed by atoms with E-state index in [0.717, 1.165) is 0 Å². The molecule has 0 aliphatic rings. The molecule has 0 spiro atoms. The number of aliphatic carboxylic acids is 1. The van der Waals surface area contributed by atoms with E-state index in [-0.39, 0.29) is 4.90 Å². The molecule has 0 unspecified atom stereocenters. The second kappa shape index (κ2) is 7.16. The Labute approximate surface area is 132 Å². The van der Waals surface area contributed by atoms with Crippen molar-refractivity contribution in [2.75, 3.05) is 13.1 Å². The number of carboxylic acids is 1. The molecular formula is C10H10Br2N2O5S. The van der Waals surface area contributed by atoms with Gasteiger partial charge in [0.25, 0.3) is 0 Å². The summed E-state index contributed by atoms with van der Waals surface area (Å²) in [5, 5.41) is 10.4. The lowest BCUT2D eigenvalue weighted by molar-refractivity contribution is -0.137. The first-order valence-corrected chi connectivity index (χ1v) is 8.22. The molecule has 0 aliphatic carbocycles. The van der Waals surface area contributed by atoms with Crippen molar-refractivity contribution >= 4 is 53.8 Å². The van der Waals surface area contributed by atoms with Crippen LogP contribution >= 0.6 is 31.9 Å². The number of amides is 1. The molecule has 0 bridgehead atoms. The molecule has 0 fully saturated rings. The molecule has 0 aliphatic heterocycles. The molecule has 0 saturated heterocycles. The topological polar surface area (TPSA) is 113 Å². The maximum Gasteiger partial charge on any atom is 0.322 e. The minimum Gasteiger partial charge on any atom is -0.480 e. The Morgan fingerprint density at radius 3 is 2.40 bits per heavy atom. The number of halogens is 2. The van der Waals surface area contributed by atoms with Crippen LogP contribution in [0.1, 0.15) is 0 Å². The summed E-state index contributed by atoms with van der Waals surface area (Å²) in [6.45, 7) is -1.11. The van der Waals surface area contributed by atoms with Gasteiger partial charge in [0.15, 0.2) is 0 Å². The molecular weight excluding hydrogens is 420 g/mol. The molecule has 3 N–H and O–H groups in total. The van der Waals surface area contributed by atoms with Gasteiger partial charge in [-0.05, 0) is 34.1 Å². The fourth-order valence-electron chi connectivity index (χ4n) is 1.17. The normalized spacial score (nSPS) is 11.1. The maximum absolute atomic E-state index is 12.0. The van der Waals surface area contributed by atoms with Gasteiger partial charge in [0.2, 0.25) is 15.9 Å². The average Bonchev–Trinajstić information content (AvgIpc) is 2.33. The summed E-state index contributed by atoms with van der Waals surface area (Å²) in [6, 6.07) is 4.47. The molecule has 1 aromatic carbocycles. The van der Waals surface area contributed by atoms with E-state index in [9.17, 15) is 18.0 Å². The van der Waals surface area contributed by atoms with Gasteiger partial charge in [0.05, 0.1) is 11.4 Å². The standard InChI is InChI=1S/C10H10Br2N2O5S/c11-6-1-2-8(7(12)3-6)20(18,19)14-4-9(15)13-5-10(16)17/h1-3,14H,4-5H2,(H,13,15)(H,16,17). The fourth-order valence-corrected chi connectivity index (χ4v) is 3.89. The van der Waals surface area contributed by atoms with Gasteiger partial charge in [-0.1, -0.05) is 15.9 Å². The molecule has 7 nitrogen and oxygen atoms in total. The van der Waals surface area contributed by atoms with Crippen molar-refractivity contribution in [2.45, 2.75) is 4.90 Å². The van der Waals surface area contributed by atoms with Crippen LogP contribution in [0, 0.1) is 0 Å². The van der Waals surface area contributed by atoms with E-state index in [1.807, 2.05) is 5.32 Å². The lowest BCUT2D eigenvalue weighted by atomic mass is 10.4. The molecule has 1 rings (SSSR count). The van der Waals surface area contributed by atoms with Crippen LogP contribution < -0.4 is 10.0 Å². The van der Waals surface area contributed by atoms with E-state index in [1.165, 1.54) is 6.07 Å². The molecule has 20 heavy (non-hydrogen) atoms. The zero-order chi connectivity index (χ0) is 15.3. The lowest BCUT2D eigenvalue weighted by Gasteiger charge is -2.08. The molecule has 0 radical (unpaired) electrons. The monoisotopic (exact) mass is 428 g/mol. The number of carboxylic acid groups (broad SMARTS) is 1. The van der Waals surface area contributed by atoms with E-state index < -0.39 is 35.0 Å². The van der Waals surface area contributed by atoms with E-state index in [0.29, 0.717) is 8.95 Å². The second-order valence-electron chi connectivity index (χ2n) is 3.57. The van der Waals surface area contributed by atoms with Crippen LogP contribution in [-0.2, 0) is 19.6 Å². The molecule has 0 saturated carbocycles. The number of hydrogen-bond acceptors (Lipinski definition) is 4. The Hall–Kier alpha value is -0.970. The van der Waals surface area contributed by atoms with E-state index in [1.54, 1.807) is 12.1 Å². The number of benzene rings is 1. The van der Waals surface area contributed by atoms with Gasteiger partial charge in [-0.25, -0.2) is 13.1 Å². The Balaban J connectivity index is 2.71. The largest absolute Gasteiger partial charge is 0.480 e. The van der Waals surface area contributed by atoms with Crippen LogP contribution in [0.15, 0.2) is 32.0 Å². The smallest absolute Gasteiger partial charge is 0.322 e. The highest BCUT2D eigenvalue weighted by Crippen LogP contribution is 2.25. The van der Waals surface area contributed by atoms with Crippen LogP contribution in [0.3, 0.4) is 0 Å². The van der Waals surface area contributed by atoms with E-state index >= 15 is 0 Å². The van der Waals surface area contributed by atoms with Crippen LogP contribution in [0.5, 0.6) is 0 Å². The van der Waals surface area contributed by atoms with Gasteiger partial charge in [-0.2, -0.15) is 0 Å². The SMILES string of the molecule is O=C(O)CNC(=O)CNS(=O)(=O)c1ccc(Br)cc1Br. The Kier molecular flexibility index (Phi) is 6.11. The lowest BCUT2D eigenvalue weighted by Crippen LogP contribution is -2.39. The third-order valence-electron chi connectivity index (χ3n) is 2.04. The highest BCUT2D eigenvalue weighted by molar-refractivity contribution is 9.11. The van der Waals surface area contributed by atoms with Crippen molar-refractivity contribution in [1.29, 1.82) is 0 Å². The predicted molar refractivity (Wildman–Crippen MR) is 77.7 cm³/mol. The Morgan fingerprint density at radius 2 is 1.85 bits per heavy atom. The maximum atomic E-state index is 12.0. The minimum absolute atomic E-state index is 0.0215.